The van der Waals surface area contributed by atoms with Crippen molar-refractivity contribution >= 4 is 23.2 Å². The summed E-state index contributed by atoms with van der Waals surface area (Å²) in [6.45, 7) is 15.6. The third-order valence-electron chi connectivity index (χ3n) is 8.76. The molecule has 0 unspecified atom stereocenters. The molecule has 2 aliphatic carbocycles. The number of aryl methyl sites for hydroxylation is 1. The van der Waals surface area contributed by atoms with Crippen LogP contribution in [-0.2, 0) is 14.4 Å². The molecule has 3 aliphatic rings. The minimum absolute atomic E-state index is 0.109. The van der Waals surface area contributed by atoms with Crippen molar-refractivity contribution in [3.05, 3.63) is 76.1 Å². The Morgan fingerprint density at radius 1 is 0.841 bits per heavy atom. The van der Waals surface area contributed by atoms with E-state index in [0.717, 1.165) is 59.5 Å². The molecule has 0 spiro atoms. The average molecular weight is 599 g/mol. The molecule has 234 valence electrons. The Labute approximate surface area is 261 Å². The summed E-state index contributed by atoms with van der Waals surface area (Å²) in [5, 5.41) is 2.86. The molecule has 0 saturated carbocycles. The molecule has 7 heteroatoms. The van der Waals surface area contributed by atoms with E-state index in [0.29, 0.717) is 36.6 Å². The van der Waals surface area contributed by atoms with Gasteiger partial charge in [-0.2, -0.15) is 0 Å². The van der Waals surface area contributed by atoms with Gasteiger partial charge in [0.05, 0.1) is 6.61 Å². The lowest BCUT2D eigenvalue weighted by Gasteiger charge is -2.49. The summed E-state index contributed by atoms with van der Waals surface area (Å²) in [6, 6.07) is 13.2. The van der Waals surface area contributed by atoms with E-state index in [9.17, 15) is 14.4 Å². The highest BCUT2D eigenvalue weighted by atomic mass is 16.5. The number of hydrogen-bond acceptors (Lipinski definition) is 6. The Balaban J connectivity index is 1.53. The molecule has 1 heterocycles. The average Bonchev–Trinajstić information content (AvgIpc) is 2.93. The van der Waals surface area contributed by atoms with Gasteiger partial charge >= 0.3 is 0 Å². The molecule has 2 aromatic rings. The number of rotatable bonds is 9. The van der Waals surface area contributed by atoms with Gasteiger partial charge in [0, 0.05) is 53.5 Å². The maximum atomic E-state index is 14.0. The van der Waals surface area contributed by atoms with Crippen LogP contribution in [0.5, 0.6) is 11.5 Å². The zero-order valence-electron chi connectivity index (χ0n) is 27.3. The lowest BCUT2D eigenvalue weighted by molar-refractivity contribution is -0.120. The van der Waals surface area contributed by atoms with Crippen molar-refractivity contribution in [2.75, 3.05) is 25.1 Å². The molecule has 0 aromatic heterocycles. The Kier molecular flexibility index (Phi) is 8.79. The van der Waals surface area contributed by atoms with Gasteiger partial charge in [-0.1, -0.05) is 58.4 Å². The number of carbonyl (C=O) groups excluding carboxylic acids is 3. The number of ketones is 2. The SMILES string of the molecule is CCCN1C2=C(C(=O)CC(C)(C)C2)C(c2ccc(OCC(=O)Nc3ccc(C)cc3)c(OCC)c2)C2=C1CC(C)(C)CC2=O. The van der Waals surface area contributed by atoms with Crippen molar-refractivity contribution in [2.24, 2.45) is 10.8 Å². The lowest BCUT2D eigenvalue weighted by atomic mass is 9.63. The first-order valence-corrected chi connectivity index (χ1v) is 15.9. The van der Waals surface area contributed by atoms with E-state index in [2.05, 4.69) is 44.8 Å². The van der Waals surface area contributed by atoms with Crippen LogP contribution in [0.3, 0.4) is 0 Å². The molecule has 2 aromatic carbocycles. The van der Waals surface area contributed by atoms with Gasteiger partial charge in [-0.3, -0.25) is 14.4 Å². The van der Waals surface area contributed by atoms with Crippen molar-refractivity contribution in [3.8, 4) is 11.5 Å². The summed E-state index contributed by atoms with van der Waals surface area (Å²) >= 11 is 0. The van der Waals surface area contributed by atoms with E-state index in [1.807, 2.05) is 50.2 Å². The molecule has 7 nitrogen and oxygen atoms in total. The summed E-state index contributed by atoms with van der Waals surface area (Å²) in [5.41, 5.74) is 5.95. The van der Waals surface area contributed by atoms with Gasteiger partial charge in [-0.05, 0) is 73.8 Å². The van der Waals surface area contributed by atoms with Crippen molar-refractivity contribution in [1.29, 1.82) is 0 Å². The standard InChI is InChI=1S/C37H46N2O5/c1-8-16-39-26-18-36(4,5)20-28(40)34(26)33(35-27(39)19-37(6,7)21-29(35)41)24-12-15-30(31(17-24)43-9-2)44-22-32(42)38-25-13-10-23(3)11-14-25/h10-15,17,33H,8-9,16,18-22H2,1-7H3,(H,38,42). The number of hydrogen-bond donors (Lipinski definition) is 1. The van der Waals surface area contributed by atoms with Crippen LogP contribution in [-0.4, -0.2) is 42.1 Å². The van der Waals surface area contributed by atoms with Gasteiger partial charge in [0.1, 0.15) is 0 Å². The van der Waals surface area contributed by atoms with Crippen LogP contribution in [0, 0.1) is 17.8 Å². The predicted molar refractivity (Wildman–Crippen MR) is 173 cm³/mol. The molecule has 0 saturated heterocycles. The number of amides is 1. The van der Waals surface area contributed by atoms with Crippen LogP contribution in [0.2, 0.25) is 0 Å². The zero-order chi connectivity index (χ0) is 31.8. The first-order valence-electron chi connectivity index (χ1n) is 15.9. The molecule has 0 bridgehead atoms. The first-order chi connectivity index (χ1) is 20.8. The highest BCUT2D eigenvalue weighted by molar-refractivity contribution is 6.06. The molecule has 1 N–H and O–H groups in total. The molecule has 1 amide bonds. The summed E-state index contributed by atoms with van der Waals surface area (Å²) < 4.78 is 12.0. The number of ether oxygens (including phenoxy) is 2. The van der Waals surface area contributed by atoms with E-state index >= 15 is 0 Å². The summed E-state index contributed by atoms with van der Waals surface area (Å²) in [5.74, 6) is 0.405. The normalized spacial score (nSPS) is 19.5. The fraction of sp³-hybridized carbons (Fsp3) is 0.486. The minimum Gasteiger partial charge on any atom is -0.490 e. The largest absolute Gasteiger partial charge is 0.490 e. The van der Waals surface area contributed by atoms with Crippen LogP contribution in [0.25, 0.3) is 0 Å². The maximum Gasteiger partial charge on any atom is 0.262 e. The summed E-state index contributed by atoms with van der Waals surface area (Å²) in [7, 11) is 0. The summed E-state index contributed by atoms with van der Waals surface area (Å²) in [4.78, 5) is 43.0. The number of anilines is 1. The third-order valence-corrected chi connectivity index (χ3v) is 8.76. The monoisotopic (exact) mass is 598 g/mol. The Bertz CT molecular complexity index is 1480. The molecular formula is C37H46N2O5. The van der Waals surface area contributed by atoms with Gasteiger partial charge in [0.25, 0.3) is 5.91 Å². The van der Waals surface area contributed by atoms with Crippen molar-refractivity contribution in [3.63, 3.8) is 0 Å². The van der Waals surface area contributed by atoms with Crippen molar-refractivity contribution < 1.29 is 23.9 Å². The van der Waals surface area contributed by atoms with E-state index in [1.54, 1.807) is 6.07 Å². The number of carbonyl (C=O) groups is 3. The van der Waals surface area contributed by atoms with E-state index in [-0.39, 0.29) is 34.9 Å². The molecule has 1 aliphatic heterocycles. The Morgan fingerprint density at radius 3 is 1.98 bits per heavy atom. The van der Waals surface area contributed by atoms with E-state index in [4.69, 9.17) is 9.47 Å². The molecule has 5 rings (SSSR count). The topological polar surface area (TPSA) is 84.9 Å². The second kappa shape index (κ2) is 12.3. The van der Waals surface area contributed by atoms with Gasteiger partial charge in [0.2, 0.25) is 0 Å². The van der Waals surface area contributed by atoms with Gasteiger partial charge in [0.15, 0.2) is 29.7 Å². The van der Waals surface area contributed by atoms with E-state index < -0.39 is 5.92 Å². The predicted octanol–water partition coefficient (Wildman–Crippen LogP) is 7.51. The molecular weight excluding hydrogens is 552 g/mol. The van der Waals surface area contributed by atoms with Crippen LogP contribution in [0.4, 0.5) is 5.69 Å². The van der Waals surface area contributed by atoms with Crippen molar-refractivity contribution in [2.45, 2.75) is 86.5 Å². The molecule has 0 radical (unpaired) electrons. The number of Topliss-reactive ketones (excluding diaryl/α,β-unsaturated/α-hetero) is 2. The van der Waals surface area contributed by atoms with Crippen LogP contribution in [0.1, 0.15) is 90.7 Å². The lowest BCUT2D eigenvalue weighted by Crippen LogP contribution is -2.44. The molecule has 0 fully saturated rings. The summed E-state index contributed by atoms with van der Waals surface area (Å²) in [6.07, 6.45) is 3.37. The Morgan fingerprint density at radius 2 is 1.43 bits per heavy atom. The van der Waals surface area contributed by atoms with Crippen LogP contribution in [0.15, 0.2) is 65.0 Å². The first kappa shape index (κ1) is 31.6. The molecule has 0 atom stereocenters. The minimum atomic E-state index is -0.460. The quantitative estimate of drug-likeness (QED) is 0.322. The van der Waals surface area contributed by atoms with Crippen molar-refractivity contribution in [1.82, 2.24) is 4.90 Å². The maximum absolute atomic E-state index is 14.0. The highest BCUT2D eigenvalue weighted by Crippen LogP contribution is 2.55. The third kappa shape index (κ3) is 6.47. The van der Waals surface area contributed by atoms with Gasteiger partial charge in [-0.25, -0.2) is 0 Å². The number of benzene rings is 2. The number of nitrogens with zero attached hydrogens (tertiary/aromatic N) is 1. The smallest absolute Gasteiger partial charge is 0.262 e. The zero-order valence-corrected chi connectivity index (χ0v) is 27.3. The van der Waals surface area contributed by atoms with Crippen LogP contribution < -0.4 is 14.8 Å². The fourth-order valence-corrected chi connectivity index (χ4v) is 6.94. The Hall–Kier alpha value is -3.87. The molecule has 44 heavy (non-hydrogen) atoms. The second-order valence-electron chi connectivity index (χ2n) is 14.0. The fourth-order valence-electron chi connectivity index (χ4n) is 6.94. The van der Waals surface area contributed by atoms with E-state index in [1.165, 1.54) is 0 Å². The second-order valence-corrected chi connectivity index (χ2v) is 14.0. The van der Waals surface area contributed by atoms with Crippen LogP contribution >= 0.6 is 0 Å². The van der Waals surface area contributed by atoms with Gasteiger partial charge in [-0.15, -0.1) is 0 Å². The number of allylic oxidation sites excluding steroid dienone is 4. The highest BCUT2D eigenvalue weighted by Gasteiger charge is 2.48. The number of nitrogens with one attached hydrogen (secondary N) is 1. The van der Waals surface area contributed by atoms with Gasteiger partial charge < -0.3 is 19.7 Å².